The molecule has 2 amide bonds. The minimum atomic E-state index is -0.806. The van der Waals surface area contributed by atoms with Crippen molar-refractivity contribution in [1.29, 1.82) is 0 Å². The molecule has 0 spiro atoms. The molecule has 6 heteroatoms. The summed E-state index contributed by atoms with van der Waals surface area (Å²) in [7, 11) is 0. The number of ether oxygens (including phenoxy) is 2. The standard InChI is InChI=1S/C28H26N2O4/c1-19(33-25-15-12-23(13-16-25)21-8-4-3-5-9-21)27(31)29-30-28(32)20(2)34-26-17-14-22-10-6-7-11-24(22)18-26/h3-20H,1-2H3,(H,29,31)(H,30,32)/t19-,20+/m0/s1. The molecule has 0 fully saturated rings. The SMILES string of the molecule is C[C@H](Oc1ccc(-c2ccccc2)cc1)C(=O)NNC(=O)[C@@H](C)Oc1ccc2ccccc2c1. The second-order valence-electron chi connectivity index (χ2n) is 7.90. The molecule has 2 N–H and O–H groups in total. The highest BCUT2D eigenvalue weighted by Crippen LogP contribution is 2.23. The third kappa shape index (κ3) is 5.72. The fourth-order valence-corrected chi connectivity index (χ4v) is 3.44. The van der Waals surface area contributed by atoms with Crippen molar-refractivity contribution < 1.29 is 19.1 Å². The van der Waals surface area contributed by atoms with E-state index < -0.39 is 24.0 Å². The number of amides is 2. The lowest BCUT2D eigenvalue weighted by molar-refractivity contribution is -0.135. The molecule has 4 aromatic carbocycles. The van der Waals surface area contributed by atoms with Gasteiger partial charge in [-0.25, -0.2) is 0 Å². The van der Waals surface area contributed by atoms with E-state index >= 15 is 0 Å². The predicted molar refractivity (Wildman–Crippen MR) is 132 cm³/mol. The fraction of sp³-hybridized carbons (Fsp3) is 0.143. The van der Waals surface area contributed by atoms with E-state index in [4.69, 9.17) is 9.47 Å². The number of benzene rings is 4. The van der Waals surface area contributed by atoms with Crippen molar-refractivity contribution in [3.05, 3.63) is 97.1 Å². The smallest absolute Gasteiger partial charge is 0.279 e. The molecule has 0 saturated heterocycles. The van der Waals surface area contributed by atoms with Crippen LogP contribution >= 0.6 is 0 Å². The zero-order chi connectivity index (χ0) is 23.9. The third-order valence-corrected chi connectivity index (χ3v) is 5.36. The molecule has 0 bridgehead atoms. The average molecular weight is 455 g/mol. The molecule has 0 aromatic heterocycles. The highest BCUT2D eigenvalue weighted by Gasteiger charge is 2.19. The van der Waals surface area contributed by atoms with Gasteiger partial charge in [-0.05, 0) is 60.0 Å². The van der Waals surface area contributed by atoms with Gasteiger partial charge in [0.25, 0.3) is 11.8 Å². The highest BCUT2D eigenvalue weighted by atomic mass is 16.5. The summed E-state index contributed by atoms with van der Waals surface area (Å²) in [6.45, 7) is 3.23. The number of carbonyl (C=O) groups is 2. The van der Waals surface area contributed by atoms with Crippen molar-refractivity contribution in [2.75, 3.05) is 0 Å². The summed E-state index contributed by atoms with van der Waals surface area (Å²) in [6.07, 6.45) is -1.61. The van der Waals surface area contributed by atoms with Crippen molar-refractivity contribution in [2.45, 2.75) is 26.1 Å². The topological polar surface area (TPSA) is 76.7 Å². The molecule has 2 atom stereocenters. The summed E-state index contributed by atoms with van der Waals surface area (Å²) in [5.74, 6) is 0.185. The van der Waals surface area contributed by atoms with E-state index in [-0.39, 0.29) is 0 Å². The quantitative estimate of drug-likeness (QED) is 0.390. The van der Waals surface area contributed by atoms with Crippen molar-refractivity contribution in [3.63, 3.8) is 0 Å². The van der Waals surface area contributed by atoms with Crippen LogP contribution in [-0.4, -0.2) is 24.0 Å². The minimum Gasteiger partial charge on any atom is -0.481 e. The summed E-state index contributed by atoms with van der Waals surface area (Å²) >= 11 is 0. The number of fused-ring (bicyclic) bond motifs is 1. The van der Waals surface area contributed by atoms with Gasteiger partial charge in [-0.2, -0.15) is 0 Å². The van der Waals surface area contributed by atoms with E-state index in [0.29, 0.717) is 11.5 Å². The van der Waals surface area contributed by atoms with Gasteiger partial charge in [0, 0.05) is 0 Å². The maximum absolute atomic E-state index is 12.4. The lowest BCUT2D eigenvalue weighted by Crippen LogP contribution is -2.50. The van der Waals surface area contributed by atoms with Crippen molar-refractivity contribution in [1.82, 2.24) is 10.9 Å². The Morgan fingerprint density at radius 3 is 1.74 bits per heavy atom. The Morgan fingerprint density at radius 1 is 0.588 bits per heavy atom. The number of nitrogens with one attached hydrogen (secondary N) is 2. The summed E-state index contributed by atoms with van der Waals surface area (Å²) in [4.78, 5) is 24.8. The molecule has 0 saturated carbocycles. The normalized spacial score (nSPS) is 12.4. The first-order valence-electron chi connectivity index (χ1n) is 11.1. The maximum atomic E-state index is 12.4. The van der Waals surface area contributed by atoms with Gasteiger partial charge in [-0.15, -0.1) is 0 Å². The zero-order valence-electron chi connectivity index (χ0n) is 19.0. The average Bonchev–Trinajstić information content (AvgIpc) is 2.87. The maximum Gasteiger partial charge on any atom is 0.279 e. The Labute approximate surface area is 198 Å². The second kappa shape index (κ2) is 10.5. The van der Waals surface area contributed by atoms with Crippen LogP contribution in [0.1, 0.15) is 13.8 Å². The Bertz CT molecular complexity index is 1270. The van der Waals surface area contributed by atoms with Crippen LogP contribution in [0.25, 0.3) is 21.9 Å². The molecular weight excluding hydrogens is 428 g/mol. The summed E-state index contributed by atoms with van der Waals surface area (Å²) in [5, 5.41) is 2.10. The minimum absolute atomic E-state index is 0.471. The Hall–Kier alpha value is -4.32. The predicted octanol–water partition coefficient (Wildman–Crippen LogP) is 4.89. The van der Waals surface area contributed by atoms with Crippen LogP contribution in [0.3, 0.4) is 0 Å². The van der Waals surface area contributed by atoms with Crippen molar-refractivity contribution in [3.8, 4) is 22.6 Å². The summed E-state index contributed by atoms with van der Waals surface area (Å²) < 4.78 is 11.4. The first-order chi connectivity index (χ1) is 16.5. The van der Waals surface area contributed by atoms with E-state index in [0.717, 1.165) is 21.9 Å². The van der Waals surface area contributed by atoms with Crippen LogP contribution in [0.15, 0.2) is 97.1 Å². The molecule has 0 heterocycles. The van der Waals surface area contributed by atoms with Crippen molar-refractivity contribution >= 4 is 22.6 Å². The number of rotatable bonds is 7. The molecule has 4 rings (SSSR count). The van der Waals surface area contributed by atoms with Crippen LogP contribution in [0.5, 0.6) is 11.5 Å². The van der Waals surface area contributed by atoms with Crippen LogP contribution in [-0.2, 0) is 9.59 Å². The number of hydrazine groups is 1. The van der Waals surface area contributed by atoms with Crippen LogP contribution in [0.2, 0.25) is 0 Å². The molecule has 34 heavy (non-hydrogen) atoms. The van der Waals surface area contributed by atoms with Gasteiger partial charge < -0.3 is 9.47 Å². The molecule has 0 radical (unpaired) electrons. The summed E-state index contributed by atoms with van der Waals surface area (Å²) in [5.41, 5.74) is 6.94. The highest BCUT2D eigenvalue weighted by molar-refractivity contribution is 5.87. The molecule has 0 aliphatic heterocycles. The van der Waals surface area contributed by atoms with E-state index in [1.807, 2.05) is 97.1 Å². The fourth-order valence-electron chi connectivity index (χ4n) is 3.44. The van der Waals surface area contributed by atoms with E-state index in [2.05, 4.69) is 10.9 Å². The molecule has 4 aromatic rings. The van der Waals surface area contributed by atoms with Gasteiger partial charge in [0.15, 0.2) is 12.2 Å². The Morgan fingerprint density at radius 2 is 1.09 bits per heavy atom. The Balaban J connectivity index is 1.26. The third-order valence-electron chi connectivity index (χ3n) is 5.36. The Kier molecular flexibility index (Phi) is 7.08. The van der Waals surface area contributed by atoms with Gasteiger partial charge in [-0.1, -0.05) is 72.8 Å². The molecule has 172 valence electrons. The molecule has 0 unspecified atom stereocenters. The first-order valence-corrected chi connectivity index (χ1v) is 11.1. The number of hydrogen-bond acceptors (Lipinski definition) is 4. The number of carbonyl (C=O) groups excluding carboxylic acids is 2. The van der Waals surface area contributed by atoms with E-state index in [9.17, 15) is 9.59 Å². The van der Waals surface area contributed by atoms with Gasteiger partial charge in [0.2, 0.25) is 0 Å². The van der Waals surface area contributed by atoms with Crippen LogP contribution in [0.4, 0.5) is 0 Å². The first kappa shape index (κ1) is 22.9. The van der Waals surface area contributed by atoms with Gasteiger partial charge in [-0.3, -0.25) is 20.4 Å². The van der Waals surface area contributed by atoms with Gasteiger partial charge in [0.1, 0.15) is 11.5 Å². The monoisotopic (exact) mass is 454 g/mol. The van der Waals surface area contributed by atoms with Crippen LogP contribution in [0, 0.1) is 0 Å². The van der Waals surface area contributed by atoms with E-state index in [1.54, 1.807) is 13.8 Å². The molecular formula is C28H26N2O4. The summed E-state index contributed by atoms with van der Waals surface area (Å²) in [6, 6.07) is 31.0. The van der Waals surface area contributed by atoms with E-state index in [1.165, 1.54) is 0 Å². The molecule has 0 aliphatic carbocycles. The van der Waals surface area contributed by atoms with Gasteiger partial charge >= 0.3 is 0 Å². The van der Waals surface area contributed by atoms with Crippen molar-refractivity contribution in [2.24, 2.45) is 0 Å². The molecule has 0 aliphatic rings. The van der Waals surface area contributed by atoms with Gasteiger partial charge in [0.05, 0.1) is 0 Å². The largest absolute Gasteiger partial charge is 0.481 e. The molecule has 6 nitrogen and oxygen atoms in total. The zero-order valence-corrected chi connectivity index (χ0v) is 19.0. The number of hydrogen-bond donors (Lipinski definition) is 2. The lowest BCUT2D eigenvalue weighted by atomic mass is 10.1. The lowest BCUT2D eigenvalue weighted by Gasteiger charge is -2.18. The second-order valence-corrected chi connectivity index (χ2v) is 7.90. The van der Waals surface area contributed by atoms with Crippen LogP contribution < -0.4 is 20.3 Å².